The lowest BCUT2D eigenvalue weighted by Crippen LogP contribution is -2.39. The van der Waals surface area contributed by atoms with E-state index in [4.69, 9.17) is 21.3 Å². The van der Waals surface area contributed by atoms with Crippen molar-refractivity contribution in [2.75, 3.05) is 24.5 Å². The van der Waals surface area contributed by atoms with Gasteiger partial charge in [-0.15, -0.1) is 0 Å². The molecule has 45 heavy (non-hydrogen) atoms. The molecule has 1 atom stereocenters. The second kappa shape index (κ2) is 12.7. The fraction of sp³-hybridized carbons (Fsp3) is 0.486. The van der Waals surface area contributed by atoms with Gasteiger partial charge in [0.25, 0.3) is 0 Å². The number of nitrogens with zero attached hydrogens (tertiary/aromatic N) is 4. The molecule has 238 valence electrons. The van der Waals surface area contributed by atoms with Crippen molar-refractivity contribution in [2.45, 2.75) is 92.5 Å². The molecule has 2 aromatic carbocycles. The third-order valence-electron chi connectivity index (χ3n) is 9.22. The van der Waals surface area contributed by atoms with Gasteiger partial charge >= 0.3 is 5.97 Å². The number of carboxylic acids is 1. The van der Waals surface area contributed by atoms with Gasteiger partial charge in [0.15, 0.2) is 11.8 Å². The highest BCUT2D eigenvalue weighted by Crippen LogP contribution is 2.45. The van der Waals surface area contributed by atoms with Crippen molar-refractivity contribution < 1.29 is 14.6 Å². The number of ether oxygens (including phenoxy) is 1. The molecule has 2 aliphatic heterocycles. The number of anilines is 1. The number of rotatable bonds is 7. The molecular formula is C37H45ClN4O3. The summed E-state index contributed by atoms with van der Waals surface area (Å²) in [5, 5.41) is 21.7. The Morgan fingerprint density at radius 3 is 2.47 bits per heavy atom. The third-order valence-corrected chi connectivity index (χ3v) is 9.57. The lowest BCUT2D eigenvalue weighted by Gasteiger charge is -2.41. The molecule has 1 aromatic heterocycles. The van der Waals surface area contributed by atoms with Crippen molar-refractivity contribution >= 4 is 23.3 Å². The van der Waals surface area contributed by atoms with Gasteiger partial charge in [-0.3, -0.25) is 4.90 Å². The van der Waals surface area contributed by atoms with Crippen LogP contribution in [0.4, 0.5) is 5.69 Å². The first-order valence-corrected chi connectivity index (χ1v) is 16.2. The van der Waals surface area contributed by atoms with Crippen molar-refractivity contribution in [3.05, 3.63) is 80.6 Å². The number of pyridine rings is 1. The highest BCUT2D eigenvalue weighted by molar-refractivity contribution is 6.31. The Morgan fingerprint density at radius 1 is 1.13 bits per heavy atom. The van der Waals surface area contributed by atoms with Crippen LogP contribution in [-0.4, -0.2) is 46.2 Å². The molecule has 0 amide bonds. The predicted octanol–water partition coefficient (Wildman–Crippen LogP) is 8.02. The van der Waals surface area contributed by atoms with E-state index in [0.29, 0.717) is 22.5 Å². The van der Waals surface area contributed by atoms with Crippen molar-refractivity contribution in [3.8, 4) is 17.2 Å². The van der Waals surface area contributed by atoms with E-state index in [1.807, 2.05) is 32.9 Å². The molecule has 1 fully saturated rings. The van der Waals surface area contributed by atoms with Crippen LogP contribution in [0.5, 0.6) is 0 Å². The minimum atomic E-state index is -1.23. The van der Waals surface area contributed by atoms with E-state index in [2.05, 4.69) is 60.9 Å². The number of hydrogen-bond acceptors (Lipinski definition) is 6. The zero-order valence-electron chi connectivity index (χ0n) is 27.6. The summed E-state index contributed by atoms with van der Waals surface area (Å²) in [6.07, 6.45) is 1.54. The van der Waals surface area contributed by atoms with Gasteiger partial charge in [-0.1, -0.05) is 55.8 Å². The number of benzene rings is 2. The highest BCUT2D eigenvalue weighted by Gasteiger charge is 2.37. The summed E-state index contributed by atoms with van der Waals surface area (Å²) >= 11 is 6.55. The smallest absolute Gasteiger partial charge is 0.337 e. The zero-order valence-corrected chi connectivity index (χ0v) is 28.4. The molecular weight excluding hydrogens is 584 g/mol. The maximum Gasteiger partial charge on any atom is 0.337 e. The number of piperidine rings is 1. The molecule has 0 radical (unpaired) electrons. The standard InChI is InChI=1S/C37H45ClN4O3/c1-23-9-8-10-29(38)28(23)22-41-16-13-25-19-26(11-12-27(25)21-41)32-30(20-39)40-24(2)31(34(35(43)44)45-36(3,4)5)33(32)42-17-14-37(6,7)15-18-42/h8-12,19,34H,13-18,21-22H2,1-7H3,(H,43,44)/t34-/m0/s1. The van der Waals surface area contributed by atoms with Gasteiger partial charge in [-0.2, -0.15) is 5.26 Å². The Balaban J connectivity index is 1.61. The lowest BCUT2D eigenvalue weighted by atomic mass is 9.81. The van der Waals surface area contributed by atoms with Crippen LogP contribution in [0.1, 0.15) is 92.8 Å². The molecule has 0 saturated carbocycles. The van der Waals surface area contributed by atoms with Crippen LogP contribution in [0, 0.1) is 30.6 Å². The van der Waals surface area contributed by atoms with Gasteiger partial charge in [-0.25, -0.2) is 9.78 Å². The highest BCUT2D eigenvalue weighted by atomic mass is 35.5. The van der Waals surface area contributed by atoms with Gasteiger partial charge in [0.1, 0.15) is 6.07 Å². The summed E-state index contributed by atoms with van der Waals surface area (Å²) in [4.78, 5) is 22.2. The van der Waals surface area contributed by atoms with Crippen molar-refractivity contribution in [2.24, 2.45) is 5.41 Å². The summed E-state index contributed by atoms with van der Waals surface area (Å²) in [5.41, 5.74) is 8.01. The van der Waals surface area contributed by atoms with Crippen LogP contribution in [0.2, 0.25) is 5.02 Å². The summed E-state index contributed by atoms with van der Waals surface area (Å²) < 4.78 is 6.21. The lowest BCUT2D eigenvalue weighted by molar-refractivity contribution is -0.160. The topological polar surface area (TPSA) is 89.7 Å². The maximum atomic E-state index is 12.8. The van der Waals surface area contributed by atoms with E-state index in [9.17, 15) is 15.2 Å². The number of aromatic nitrogens is 1. The molecule has 1 saturated heterocycles. The number of halogens is 1. The molecule has 0 bridgehead atoms. The number of carboxylic acid groups (broad SMARTS) is 1. The van der Waals surface area contributed by atoms with Gasteiger partial charge < -0.3 is 14.7 Å². The van der Waals surface area contributed by atoms with E-state index in [0.717, 1.165) is 73.8 Å². The van der Waals surface area contributed by atoms with Gasteiger partial charge in [0.05, 0.1) is 11.3 Å². The zero-order chi connectivity index (χ0) is 32.7. The first-order valence-electron chi connectivity index (χ1n) is 15.9. The Hall–Kier alpha value is -3.44. The van der Waals surface area contributed by atoms with Crippen LogP contribution in [0.15, 0.2) is 36.4 Å². The van der Waals surface area contributed by atoms with E-state index < -0.39 is 17.7 Å². The fourth-order valence-corrected chi connectivity index (χ4v) is 6.89. The van der Waals surface area contributed by atoms with E-state index >= 15 is 0 Å². The van der Waals surface area contributed by atoms with Crippen LogP contribution >= 0.6 is 11.6 Å². The molecule has 0 aliphatic carbocycles. The molecule has 8 heteroatoms. The third kappa shape index (κ3) is 7.19. The predicted molar refractivity (Wildman–Crippen MR) is 180 cm³/mol. The van der Waals surface area contributed by atoms with Crippen LogP contribution < -0.4 is 4.90 Å². The van der Waals surface area contributed by atoms with Crippen molar-refractivity contribution in [3.63, 3.8) is 0 Å². The number of fused-ring (bicyclic) bond motifs is 1. The SMILES string of the molecule is Cc1cccc(Cl)c1CN1CCc2cc(-c3c(C#N)nc(C)c([C@H](OC(C)(C)C)C(=O)O)c3N3CCC(C)(C)CC3)ccc2C1. The first-order chi connectivity index (χ1) is 21.2. The van der Waals surface area contributed by atoms with Crippen LogP contribution in [-0.2, 0) is 29.0 Å². The fourth-order valence-electron chi connectivity index (χ4n) is 6.61. The van der Waals surface area contributed by atoms with E-state index in [-0.39, 0.29) is 5.41 Å². The van der Waals surface area contributed by atoms with Gasteiger partial charge in [-0.05, 0) is 93.2 Å². The normalized spacial score (nSPS) is 17.4. The minimum Gasteiger partial charge on any atom is -0.479 e. The quantitative estimate of drug-likeness (QED) is 0.283. The minimum absolute atomic E-state index is 0.186. The van der Waals surface area contributed by atoms with Crippen molar-refractivity contribution in [1.82, 2.24) is 9.88 Å². The number of carbonyl (C=O) groups is 1. The van der Waals surface area contributed by atoms with E-state index in [1.165, 1.54) is 16.7 Å². The maximum absolute atomic E-state index is 12.8. The largest absolute Gasteiger partial charge is 0.479 e. The summed E-state index contributed by atoms with van der Waals surface area (Å²) in [6, 6.07) is 14.8. The van der Waals surface area contributed by atoms with Gasteiger partial charge in [0, 0.05) is 54.6 Å². The number of aryl methyl sites for hydroxylation is 2. The summed E-state index contributed by atoms with van der Waals surface area (Å²) in [6.45, 7) is 18.0. The molecule has 3 heterocycles. The average Bonchev–Trinajstić information content (AvgIpc) is 2.97. The van der Waals surface area contributed by atoms with Crippen LogP contribution in [0.3, 0.4) is 0 Å². The first kappa shape index (κ1) is 32.9. The average molecular weight is 629 g/mol. The Bertz CT molecular complexity index is 1620. The van der Waals surface area contributed by atoms with E-state index in [1.54, 1.807) is 6.92 Å². The summed E-state index contributed by atoms with van der Waals surface area (Å²) in [7, 11) is 0. The summed E-state index contributed by atoms with van der Waals surface area (Å²) in [5.74, 6) is -1.07. The Morgan fingerprint density at radius 2 is 1.84 bits per heavy atom. The second-order valence-corrected chi connectivity index (χ2v) is 14.8. The second-order valence-electron chi connectivity index (χ2n) is 14.4. The molecule has 3 aromatic rings. The monoisotopic (exact) mass is 628 g/mol. The number of aliphatic carboxylic acids is 1. The molecule has 0 spiro atoms. The number of hydrogen-bond donors (Lipinski definition) is 1. The number of nitriles is 1. The molecule has 7 nitrogen and oxygen atoms in total. The Labute approximate surface area is 272 Å². The van der Waals surface area contributed by atoms with Crippen molar-refractivity contribution in [1.29, 1.82) is 5.26 Å². The van der Waals surface area contributed by atoms with Crippen LogP contribution in [0.25, 0.3) is 11.1 Å². The molecule has 2 aliphatic rings. The Kier molecular flexibility index (Phi) is 9.33. The van der Waals surface area contributed by atoms with Gasteiger partial charge in [0.2, 0.25) is 0 Å². The molecule has 5 rings (SSSR count). The molecule has 1 N–H and O–H groups in total. The molecule has 0 unspecified atom stereocenters.